The van der Waals surface area contributed by atoms with Gasteiger partial charge in [0, 0.05) is 11.4 Å². The largest absolute Gasteiger partial charge is 0.337 e. The lowest BCUT2D eigenvalue weighted by Crippen LogP contribution is -2.42. The first-order chi connectivity index (χ1) is 13.3. The maximum Gasteiger partial charge on any atom is 0.337 e. The van der Waals surface area contributed by atoms with Crippen molar-refractivity contribution < 1.29 is 4.79 Å². The molecule has 3 aromatic carbocycles. The van der Waals surface area contributed by atoms with Crippen molar-refractivity contribution in [2.75, 3.05) is 5.32 Å². The second kappa shape index (κ2) is 10.0. The van der Waals surface area contributed by atoms with Gasteiger partial charge in [-0.3, -0.25) is 5.43 Å². The van der Waals surface area contributed by atoms with Gasteiger partial charge in [-0.2, -0.15) is 0 Å². The van der Waals surface area contributed by atoms with E-state index >= 15 is 0 Å². The number of carbonyl (C=O) groups excluding carboxylic acids is 1. The van der Waals surface area contributed by atoms with E-state index in [1.54, 1.807) is 0 Å². The number of carbonyl (C=O) groups is 1. The van der Waals surface area contributed by atoms with E-state index in [-0.39, 0.29) is 6.03 Å². The number of benzene rings is 3. The quantitative estimate of drug-likeness (QED) is 0.343. The van der Waals surface area contributed by atoms with Crippen molar-refractivity contribution >= 4 is 34.3 Å². The minimum absolute atomic E-state index is 0.359. The van der Waals surface area contributed by atoms with Gasteiger partial charge in [0.2, 0.25) is 0 Å². The number of aliphatic imine (C=N–C) groups is 1. The fourth-order valence-electron chi connectivity index (χ4n) is 2.24. The molecule has 0 fully saturated rings. The fourth-order valence-corrected chi connectivity index (χ4v) is 3.03. The number of nitrogens with one attached hydrogen (secondary N) is 3. The highest BCUT2D eigenvalue weighted by Gasteiger charge is 2.05. The lowest BCUT2D eigenvalue weighted by molar-refractivity contribution is 0.250. The summed E-state index contributed by atoms with van der Waals surface area (Å²) in [7, 11) is 0. The molecule has 3 N–H and O–H groups in total. The van der Waals surface area contributed by atoms with E-state index in [0.29, 0.717) is 5.17 Å². The second-order valence-electron chi connectivity index (χ2n) is 5.60. The van der Waals surface area contributed by atoms with Crippen molar-refractivity contribution in [3.05, 3.63) is 96.6 Å². The van der Waals surface area contributed by atoms with Crippen molar-refractivity contribution in [1.29, 1.82) is 0 Å². The molecule has 0 aliphatic heterocycles. The summed E-state index contributed by atoms with van der Waals surface area (Å²) in [6, 6.07) is 28.6. The van der Waals surface area contributed by atoms with Crippen LogP contribution in [-0.4, -0.2) is 11.2 Å². The summed E-state index contributed by atoms with van der Waals surface area (Å²) in [5.41, 5.74) is 8.25. The summed E-state index contributed by atoms with van der Waals surface area (Å²) in [6.45, 7) is 0. The summed E-state index contributed by atoms with van der Waals surface area (Å²) in [5.74, 6) is 0.738. The van der Waals surface area contributed by atoms with Crippen molar-refractivity contribution in [3.8, 4) is 0 Å². The number of amidine groups is 1. The van der Waals surface area contributed by atoms with Crippen LogP contribution in [0.2, 0.25) is 0 Å². The number of nitrogens with zero attached hydrogens (tertiary/aromatic N) is 1. The maximum absolute atomic E-state index is 12.1. The van der Waals surface area contributed by atoms with Gasteiger partial charge in [0.25, 0.3) is 0 Å². The Morgan fingerprint density at radius 1 is 0.778 bits per heavy atom. The topological polar surface area (TPSA) is 65.5 Å². The Morgan fingerprint density at radius 3 is 2.04 bits per heavy atom. The van der Waals surface area contributed by atoms with E-state index in [1.165, 1.54) is 17.3 Å². The highest BCUT2D eigenvalue weighted by molar-refractivity contribution is 8.13. The number of urea groups is 1. The number of thioether (sulfide) groups is 1. The number of anilines is 1. The molecule has 0 spiro atoms. The Balaban J connectivity index is 1.62. The predicted molar refractivity (Wildman–Crippen MR) is 113 cm³/mol. The molecular weight excluding hydrogens is 356 g/mol. The average molecular weight is 376 g/mol. The highest BCUT2D eigenvalue weighted by atomic mass is 32.2. The van der Waals surface area contributed by atoms with E-state index in [9.17, 15) is 4.79 Å². The van der Waals surface area contributed by atoms with Crippen LogP contribution in [0.4, 0.5) is 16.2 Å². The lowest BCUT2D eigenvalue weighted by Gasteiger charge is -2.12. The predicted octanol–water partition coefficient (Wildman–Crippen LogP) is 4.93. The lowest BCUT2D eigenvalue weighted by atomic mass is 10.2. The average Bonchev–Trinajstić information content (AvgIpc) is 2.72. The molecule has 5 nitrogen and oxygen atoms in total. The van der Waals surface area contributed by atoms with Crippen molar-refractivity contribution in [1.82, 2.24) is 10.9 Å². The molecule has 3 aromatic rings. The van der Waals surface area contributed by atoms with Gasteiger partial charge in [-0.25, -0.2) is 15.2 Å². The van der Waals surface area contributed by atoms with Crippen molar-refractivity contribution in [3.63, 3.8) is 0 Å². The zero-order chi connectivity index (χ0) is 18.7. The number of hydrogen-bond donors (Lipinski definition) is 3. The molecule has 0 saturated heterocycles. The molecule has 0 heterocycles. The van der Waals surface area contributed by atoms with Crippen LogP contribution in [0.25, 0.3) is 0 Å². The molecule has 6 heteroatoms. The van der Waals surface area contributed by atoms with Crippen LogP contribution in [0.1, 0.15) is 5.56 Å². The van der Waals surface area contributed by atoms with Gasteiger partial charge >= 0.3 is 6.03 Å². The molecule has 0 saturated carbocycles. The zero-order valence-corrected chi connectivity index (χ0v) is 15.4. The third-order valence-corrected chi connectivity index (χ3v) is 4.46. The molecule has 27 heavy (non-hydrogen) atoms. The van der Waals surface area contributed by atoms with E-state index in [4.69, 9.17) is 0 Å². The molecule has 0 aliphatic rings. The summed E-state index contributed by atoms with van der Waals surface area (Å²) >= 11 is 1.51. The minimum atomic E-state index is -0.359. The summed E-state index contributed by atoms with van der Waals surface area (Å²) in [5, 5.41) is 3.36. The van der Waals surface area contributed by atoms with Crippen LogP contribution in [0.5, 0.6) is 0 Å². The van der Waals surface area contributed by atoms with Gasteiger partial charge in [0.1, 0.15) is 0 Å². The van der Waals surface area contributed by atoms with E-state index in [0.717, 1.165) is 17.1 Å². The molecule has 2 amide bonds. The molecule has 0 atom stereocenters. The Morgan fingerprint density at radius 2 is 1.37 bits per heavy atom. The summed E-state index contributed by atoms with van der Waals surface area (Å²) < 4.78 is 0. The number of rotatable bonds is 4. The molecule has 3 rings (SSSR count). The molecule has 0 radical (unpaired) electrons. The van der Waals surface area contributed by atoms with E-state index in [1.807, 2.05) is 78.9 Å². The van der Waals surface area contributed by atoms with Gasteiger partial charge < -0.3 is 5.32 Å². The number of amides is 2. The van der Waals surface area contributed by atoms with Gasteiger partial charge in [-0.1, -0.05) is 78.5 Å². The van der Waals surface area contributed by atoms with Crippen LogP contribution >= 0.6 is 11.8 Å². The standard InChI is InChI=1S/C21H20N4OS/c26-20(22-18-12-6-2-7-13-18)24-25-21(23-19-14-8-3-9-15-19)27-16-17-10-4-1-5-11-17/h1-15H,16H2,(H,23,25)(H2,22,24,26). The molecule has 136 valence electrons. The van der Waals surface area contributed by atoms with Crippen LogP contribution in [0, 0.1) is 0 Å². The van der Waals surface area contributed by atoms with Gasteiger partial charge in [0.05, 0.1) is 5.69 Å². The molecule has 0 bridgehead atoms. The Hall–Kier alpha value is -3.25. The Labute approximate surface area is 162 Å². The third kappa shape index (κ3) is 6.52. The number of hydrazine groups is 1. The van der Waals surface area contributed by atoms with E-state index < -0.39 is 0 Å². The normalized spacial score (nSPS) is 10.9. The molecule has 0 aromatic heterocycles. The maximum atomic E-state index is 12.1. The fraction of sp³-hybridized carbons (Fsp3) is 0.0476. The van der Waals surface area contributed by atoms with E-state index in [2.05, 4.69) is 33.3 Å². The highest BCUT2D eigenvalue weighted by Crippen LogP contribution is 2.17. The minimum Gasteiger partial charge on any atom is -0.307 e. The Kier molecular flexibility index (Phi) is 6.89. The van der Waals surface area contributed by atoms with Crippen LogP contribution in [0.3, 0.4) is 0 Å². The first-order valence-electron chi connectivity index (χ1n) is 8.48. The monoisotopic (exact) mass is 376 g/mol. The smallest absolute Gasteiger partial charge is 0.307 e. The zero-order valence-electron chi connectivity index (χ0n) is 14.6. The van der Waals surface area contributed by atoms with Crippen LogP contribution < -0.4 is 16.2 Å². The summed E-state index contributed by atoms with van der Waals surface area (Å²) in [4.78, 5) is 16.7. The molecule has 0 aliphatic carbocycles. The summed E-state index contributed by atoms with van der Waals surface area (Å²) in [6.07, 6.45) is 0. The second-order valence-corrected chi connectivity index (χ2v) is 6.56. The first-order valence-corrected chi connectivity index (χ1v) is 9.47. The van der Waals surface area contributed by atoms with Gasteiger partial charge in [0.15, 0.2) is 5.17 Å². The van der Waals surface area contributed by atoms with Crippen LogP contribution in [-0.2, 0) is 5.75 Å². The SMILES string of the molecule is O=C(NNC(=Nc1ccccc1)SCc1ccccc1)Nc1ccccc1. The number of hydrogen-bond acceptors (Lipinski definition) is 3. The van der Waals surface area contributed by atoms with Crippen molar-refractivity contribution in [2.45, 2.75) is 5.75 Å². The van der Waals surface area contributed by atoms with Gasteiger partial charge in [-0.15, -0.1) is 0 Å². The van der Waals surface area contributed by atoms with Gasteiger partial charge in [-0.05, 0) is 29.8 Å². The Bertz CT molecular complexity index is 870. The van der Waals surface area contributed by atoms with Crippen LogP contribution in [0.15, 0.2) is 96.0 Å². The molecular formula is C21H20N4OS. The number of para-hydroxylation sites is 2. The third-order valence-electron chi connectivity index (χ3n) is 3.52. The molecule has 0 unspecified atom stereocenters. The van der Waals surface area contributed by atoms with Crippen molar-refractivity contribution in [2.24, 2.45) is 4.99 Å². The first kappa shape index (κ1) is 18.5.